The number of aryl methyl sites for hydroxylation is 2. The quantitative estimate of drug-likeness (QED) is 0.467. The number of hydrogen-bond acceptors (Lipinski definition) is 3. The molecule has 0 amide bonds. The van der Waals surface area contributed by atoms with Crippen LogP contribution in [0.1, 0.15) is 0 Å². The molecule has 0 aliphatic rings. The summed E-state index contributed by atoms with van der Waals surface area (Å²) >= 11 is 0. The molecule has 0 bridgehead atoms. The van der Waals surface area contributed by atoms with E-state index in [0.29, 0.717) is 11.2 Å². The monoisotopic (exact) mass is 226 g/mol. The van der Waals surface area contributed by atoms with Crippen molar-refractivity contribution in [3.63, 3.8) is 0 Å². The fourth-order valence-corrected chi connectivity index (χ4v) is 1.47. The first-order valence-corrected chi connectivity index (χ1v) is 4.11. The molecule has 2 heterocycles. The van der Waals surface area contributed by atoms with E-state index in [9.17, 15) is 9.59 Å². The van der Waals surface area contributed by atoms with E-state index in [1.807, 2.05) is 0 Å². The van der Waals surface area contributed by atoms with Crippen LogP contribution in [0.2, 0.25) is 0 Å². The second kappa shape index (κ2) is 3.50. The largest absolute Gasteiger partial charge is 0.332 e. The van der Waals surface area contributed by atoms with E-state index in [0.717, 1.165) is 4.57 Å². The average Bonchev–Trinajstić information content (AvgIpc) is 2.54. The van der Waals surface area contributed by atoms with Crippen LogP contribution < -0.4 is 11.2 Å². The Labute approximate surface area is 89.8 Å². The Bertz CT molecular complexity index is 622. The van der Waals surface area contributed by atoms with Crippen LogP contribution in [0.3, 0.4) is 0 Å². The van der Waals surface area contributed by atoms with Crippen LogP contribution in [-0.2, 0) is 21.1 Å². The molecule has 0 aliphatic carbocycles. The van der Waals surface area contributed by atoms with E-state index in [-0.39, 0.29) is 22.2 Å². The lowest BCUT2D eigenvalue weighted by atomic mass is 10.5. The van der Waals surface area contributed by atoms with Crippen LogP contribution in [0.4, 0.5) is 0 Å². The fraction of sp³-hybridized carbons (Fsp3) is 0.375. The highest BCUT2D eigenvalue weighted by Gasteiger charge is 2.11. The molecule has 0 saturated heterocycles. The molecular weight excluding hydrogens is 212 g/mol. The molecule has 0 N–H and O–H groups in total. The van der Waals surface area contributed by atoms with Gasteiger partial charge in [-0.3, -0.25) is 13.9 Å². The number of aromatic nitrogens is 4. The summed E-state index contributed by atoms with van der Waals surface area (Å²) in [6.07, 6.45) is 1.52. The van der Waals surface area contributed by atoms with Gasteiger partial charge in [0.05, 0.1) is 6.33 Å². The van der Waals surface area contributed by atoms with E-state index in [2.05, 4.69) is 4.98 Å². The molecule has 0 atom stereocenters. The molecule has 7 heteroatoms. The lowest BCUT2D eigenvalue weighted by molar-refractivity contribution is 0.705. The Balaban J connectivity index is 0.00000112. The van der Waals surface area contributed by atoms with Gasteiger partial charge in [-0.05, 0) is 11.0 Å². The maximum atomic E-state index is 11.7. The van der Waals surface area contributed by atoms with Gasteiger partial charge in [0.1, 0.15) is 0 Å². The average molecular weight is 226 g/mol. The topological polar surface area (TPSA) is 61.8 Å². The Morgan fingerprint density at radius 2 is 1.73 bits per heavy atom. The van der Waals surface area contributed by atoms with Gasteiger partial charge >= 0.3 is 5.69 Å². The van der Waals surface area contributed by atoms with Crippen molar-refractivity contribution in [3.05, 3.63) is 27.2 Å². The van der Waals surface area contributed by atoms with E-state index in [4.69, 9.17) is 0 Å². The van der Waals surface area contributed by atoms with Gasteiger partial charge in [0.25, 0.3) is 5.56 Å². The van der Waals surface area contributed by atoms with Gasteiger partial charge in [-0.2, -0.15) is 0 Å². The zero-order chi connectivity index (χ0) is 10.5. The highest BCUT2D eigenvalue weighted by molar-refractivity contribution is 5.75. The molecule has 0 spiro atoms. The van der Waals surface area contributed by atoms with Gasteiger partial charge in [-0.15, -0.1) is 0 Å². The first-order chi connectivity index (χ1) is 6.54. The van der Waals surface area contributed by atoms with Gasteiger partial charge in [0.2, 0.25) is 0 Å². The molecule has 0 aliphatic heterocycles. The SMILES string of the molecule is Cn1c(=O)c2c(ncn2C)n(C)c1=O.[SiH4]. The molecule has 15 heavy (non-hydrogen) atoms. The molecule has 2 aromatic heterocycles. The Kier molecular flexibility index (Phi) is 2.67. The zero-order valence-electron chi connectivity index (χ0n) is 8.18. The molecule has 0 fully saturated rings. The number of rotatable bonds is 0. The third kappa shape index (κ3) is 1.35. The summed E-state index contributed by atoms with van der Waals surface area (Å²) < 4.78 is 4.04. The Morgan fingerprint density at radius 3 is 2.33 bits per heavy atom. The highest BCUT2D eigenvalue weighted by atomic mass is 28.1. The summed E-state index contributed by atoms with van der Waals surface area (Å²) in [5.41, 5.74) is 0.180. The van der Waals surface area contributed by atoms with E-state index >= 15 is 0 Å². The lowest BCUT2D eigenvalue weighted by Crippen LogP contribution is -2.37. The molecule has 0 unspecified atom stereocenters. The number of fused-ring (bicyclic) bond motifs is 1. The van der Waals surface area contributed by atoms with Crippen LogP contribution in [0, 0.1) is 0 Å². The van der Waals surface area contributed by atoms with E-state index < -0.39 is 0 Å². The smallest absolute Gasteiger partial charge is 0.328 e. The van der Waals surface area contributed by atoms with Crippen molar-refractivity contribution in [2.75, 3.05) is 0 Å². The summed E-state index contributed by atoms with van der Waals surface area (Å²) in [6, 6.07) is 0. The molecule has 2 aromatic rings. The van der Waals surface area contributed by atoms with Crippen LogP contribution in [0.15, 0.2) is 15.9 Å². The third-order valence-corrected chi connectivity index (χ3v) is 2.32. The van der Waals surface area contributed by atoms with Crippen molar-refractivity contribution in [2.24, 2.45) is 21.1 Å². The minimum Gasteiger partial charge on any atom is -0.328 e. The summed E-state index contributed by atoms with van der Waals surface area (Å²) in [4.78, 5) is 27.2. The van der Waals surface area contributed by atoms with Crippen molar-refractivity contribution in [1.29, 1.82) is 0 Å². The number of hydrogen-bond donors (Lipinski definition) is 0. The van der Waals surface area contributed by atoms with Gasteiger partial charge in [0.15, 0.2) is 11.2 Å². The fourth-order valence-electron chi connectivity index (χ4n) is 1.47. The standard InChI is InChI=1S/C8H10N4O2.H4Si/c1-10-4-9-6-5(10)7(13)12(3)8(14)11(6)2;/h4H,1-3H3;1H4. The van der Waals surface area contributed by atoms with Gasteiger partial charge < -0.3 is 4.57 Å². The van der Waals surface area contributed by atoms with Crippen LogP contribution in [-0.4, -0.2) is 29.7 Å². The maximum absolute atomic E-state index is 11.7. The Morgan fingerprint density at radius 1 is 1.13 bits per heavy atom. The van der Waals surface area contributed by atoms with Crippen LogP contribution in [0.25, 0.3) is 11.2 Å². The molecule has 82 valence electrons. The summed E-state index contributed by atoms with van der Waals surface area (Å²) in [7, 11) is 4.77. The molecular formula is C8H14N4O2Si. The van der Waals surface area contributed by atoms with Crippen molar-refractivity contribution < 1.29 is 0 Å². The number of nitrogens with zero attached hydrogens (tertiary/aromatic N) is 4. The minimum atomic E-state index is -0.360. The third-order valence-electron chi connectivity index (χ3n) is 2.32. The van der Waals surface area contributed by atoms with Crippen LogP contribution >= 0.6 is 0 Å². The predicted molar refractivity (Wildman–Crippen MR) is 62.5 cm³/mol. The minimum absolute atomic E-state index is 0. The normalized spacial score (nSPS) is 10.3. The van der Waals surface area contributed by atoms with Gasteiger partial charge in [-0.1, -0.05) is 0 Å². The van der Waals surface area contributed by atoms with Crippen LogP contribution in [0.5, 0.6) is 0 Å². The maximum Gasteiger partial charge on any atom is 0.332 e. The summed E-state index contributed by atoms with van der Waals surface area (Å²) in [5.74, 6) is 0. The zero-order valence-corrected chi connectivity index (χ0v) is 8.18. The number of imidazole rings is 1. The van der Waals surface area contributed by atoms with E-state index in [1.54, 1.807) is 18.7 Å². The molecule has 0 radical (unpaired) electrons. The molecule has 6 nitrogen and oxygen atoms in total. The molecule has 0 aromatic carbocycles. The first-order valence-electron chi connectivity index (χ1n) is 4.11. The van der Waals surface area contributed by atoms with Crippen molar-refractivity contribution in [2.45, 2.75) is 0 Å². The van der Waals surface area contributed by atoms with Crippen molar-refractivity contribution in [3.8, 4) is 0 Å². The van der Waals surface area contributed by atoms with Gasteiger partial charge in [-0.25, -0.2) is 9.78 Å². The second-order valence-corrected chi connectivity index (χ2v) is 3.23. The Hall–Kier alpha value is -1.63. The predicted octanol–water partition coefficient (Wildman–Crippen LogP) is -2.48. The second-order valence-electron chi connectivity index (χ2n) is 3.23. The van der Waals surface area contributed by atoms with Crippen molar-refractivity contribution >= 4 is 22.1 Å². The van der Waals surface area contributed by atoms with E-state index in [1.165, 1.54) is 17.9 Å². The highest BCUT2D eigenvalue weighted by Crippen LogP contribution is 2.01. The molecule has 0 saturated carbocycles. The van der Waals surface area contributed by atoms with Gasteiger partial charge in [0, 0.05) is 21.1 Å². The lowest BCUT2D eigenvalue weighted by Gasteiger charge is -2.02. The van der Waals surface area contributed by atoms with Crippen molar-refractivity contribution in [1.82, 2.24) is 18.7 Å². The summed E-state index contributed by atoms with van der Waals surface area (Å²) in [6.45, 7) is 0. The summed E-state index contributed by atoms with van der Waals surface area (Å²) in [5, 5.41) is 0. The first kappa shape index (κ1) is 11.4. The molecule has 2 rings (SSSR count).